The van der Waals surface area contributed by atoms with Crippen molar-refractivity contribution in [3.63, 3.8) is 0 Å². The molecule has 0 radical (unpaired) electrons. The van der Waals surface area contributed by atoms with Crippen molar-refractivity contribution in [1.82, 2.24) is 5.32 Å². The molecule has 1 aliphatic heterocycles. The highest BCUT2D eigenvalue weighted by Gasteiger charge is 2.42. The van der Waals surface area contributed by atoms with Gasteiger partial charge >= 0.3 is 5.97 Å². The van der Waals surface area contributed by atoms with Crippen molar-refractivity contribution in [3.8, 4) is 0 Å². The van der Waals surface area contributed by atoms with Crippen molar-refractivity contribution in [3.05, 3.63) is 47.5 Å². The molecule has 2 fully saturated rings. The van der Waals surface area contributed by atoms with E-state index in [0.29, 0.717) is 17.9 Å². The SMILES string of the molecule is COC(=O)c1ccc(CC=C[C@@]2(CC[C@H](O[Si](C)(C)C(C)(C)C)C3CCCCC3)CCC(=O)N2)cc1. The van der Waals surface area contributed by atoms with Crippen molar-refractivity contribution in [2.45, 2.75) is 115 Å². The number of hydrogen-bond acceptors (Lipinski definition) is 4. The number of hydrogen-bond donors (Lipinski definition) is 1. The maximum Gasteiger partial charge on any atom is 0.337 e. The van der Waals surface area contributed by atoms with Gasteiger partial charge in [0.05, 0.1) is 18.2 Å². The van der Waals surface area contributed by atoms with Crippen LogP contribution in [0.15, 0.2) is 36.4 Å². The third-order valence-corrected chi connectivity index (χ3v) is 13.2. The minimum Gasteiger partial charge on any atom is -0.465 e. The summed E-state index contributed by atoms with van der Waals surface area (Å²) < 4.78 is 11.8. The van der Waals surface area contributed by atoms with Crippen molar-refractivity contribution in [2.75, 3.05) is 7.11 Å². The Hall–Kier alpha value is -1.92. The molecule has 1 amide bonds. The molecular weight excluding hydrogens is 466 g/mol. The number of amides is 1. The van der Waals surface area contributed by atoms with Gasteiger partial charge in [-0.3, -0.25) is 4.79 Å². The number of carbonyl (C=O) groups excluding carboxylic acids is 2. The molecule has 1 aromatic carbocycles. The molecule has 1 heterocycles. The molecular formula is C30H47NO4Si. The lowest BCUT2D eigenvalue weighted by atomic mass is 9.81. The zero-order valence-electron chi connectivity index (χ0n) is 23.3. The minimum absolute atomic E-state index is 0.140. The van der Waals surface area contributed by atoms with Crippen molar-refractivity contribution in [1.29, 1.82) is 0 Å². The van der Waals surface area contributed by atoms with Gasteiger partial charge in [0.1, 0.15) is 0 Å². The third kappa shape index (κ3) is 7.55. The maximum absolute atomic E-state index is 12.3. The molecule has 1 N–H and O–H groups in total. The summed E-state index contributed by atoms with van der Waals surface area (Å²) >= 11 is 0. The van der Waals surface area contributed by atoms with Gasteiger partial charge in [-0.1, -0.05) is 64.3 Å². The third-order valence-electron chi connectivity index (χ3n) is 8.65. The summed E-state index contributed by atoms with van der Waals surface area (Å²) in [6.07, 6.45) is 15.2. The summed E-state index contributed by atoms with van der Waals surface area (Å²) in [4.78, 5) is 24.0. The molecule has 2 aliphatic rings. The molecule has 1 aromatic rings. The van der Waals surface area contributed by atoms with Gasteiger partial charge in [0.2, 0.25) is 5.91 Å². The predicted octanol–water partition coefficient (Wildman–Crippen LogP) is 6.97. The topological polar surface area (TPSA) is 64.6 Å². The van der Waals surface area contributed by atoms with Crippen LogP contribution >= 0.6 is 0 Å². The van der Waals surface area contributed by atoms with Crippen LogP contribution in [-0.4, -0.2) is 38.9 Å². The second-order valence-electron chi connectivity index (χ2n) is 12.4. The number of esters is 1. The Kier molecular flexibility index (Phi) is 9.61. The van der Waals surface area contributed by atoms with Gasteiger partial charge in [0, 0.05) is 12.5 Å². The smallest absolute Gasteiger partial charge is 0.337 e. The number of carbonyl (C=O) groups is 2. The Labute approximate surface area is 219 Å². The lowest BCUT2D eigenvalue weighted by molar-refractivity contribution is -0.119. The first kappa shape index (κ1) is 28.6. The second kappa shape index (κ2) is 12.1. The normalized spacial score (nSPS) is 22.6. The van der Waals surface area contributed by atoms with Crippen molar-refractivity contribution in [2.24, 2.45) is 5.92 Å². The van der Waals surface area contributed by atoms with Gasteiger partial charge < -0.3 is 14.5 Å². The van der Waals surface area contributed by atoms with Crippen molar-refractivity contribution >= 4 is 20.2 Å². The molecule has 0 bridgehead atoms. The number of methoxy groups -OCH3 is 1. The first-order valence-electron chi connectivity index (χ1n) is 13.8. The molecule has 3 rings (SSSR count). The van der Waals surface area contributed by atoms with E-state index in [4.69, 9.17) is 9.16 Å². The standard InChI is InChI=1S/C30H47NO4Si/c1-29(2,3)36(5,6)35-26(24-12-8-7-9-13-24)18-21-30(22-19-27(32)31-30)20-10-11-23-14-16-25(17-15-23)28(33)34-4/h10,14-17,20,24,26H,7-9,11-13,18-19,21-22H2,1-6H3,(H,31,32)/t26-,30+/m0/s1. The first-order valence-corrected chi connectivity index (χ1v) is 16.7. The molecule has 36 heavy (non-hydrogen) atoms. The van der Waals surface area contributed by atoms with Gasteiger partial charge in [-0.15, -0.1) is 0 Å². The van der Waals surface area contributed by atoms with Crippen molar-refractivity contribution < 1.29 is 18.8 Å². The fraction of sp³-hybridized carbons (Fsp3) is 0.667. The largest absolute Gasteiger partial charge is 0.465 e. The van der Waals surface area contributed by atoms with Crippen LogP contribution in [0, 0.1) is 5.92 Å². The maximum atomic E-state index is 12.3. The first-order chi connectivity index (χ1) is 16.9. The van der Waals surface area contributed by atoms with E-state index in [1.165, 1.54) is 39.2 Å². The van der Waals surface area contributed by atoms with E-state index in [-0.39, 0.29) is 28.6 Å². The number of allylic oxidation sites excluding steroid dienone is 1. The van der Waals surface area contributed by atoms with Crippen LogP contribution in [-0.2, 0) is 20.4 Å². The van der Waals surface area contributed by atoms with Gasteiger partial charge in [-0.25, -0.2) is 4.79 Å². The lowest BCUT2D eigenvalue weighted by Gasteiger charge is -2.43. The molecule has 1 saturated heterocycles. The summed E-state index contributed by atoms with van der Waals surface area (Å²) in [7, 11) is -0.497. The highest BCUT2D eigenvalue weighted by molar-refractivity contribution is 6.74. The zero-order valence-corrected chi connectivity index (χ0v) is 24.3. The molecule has 0 aromatic heterocycles. The van der Waals surface area contributed by atoms with E-state index in [9.17, 15) is 9.59 Å². The van der Waals surface area contributed by atoms with Gasteiger partial charge in [-0.05, 0) is 80.3 Å². The Balaban J connectivity index is 1.70. The second-order valence-corrected chi connectivity index (χ2v) is 17.1. The average Bonchev–Trinajstić information content (AvgIpc) is 3.22. The molecule has 0 unspecified atom stereocenters. The van der Waals surface area contributed by atoms with Crippen LogP contribution < -0.4 is 5.32 Å². The van der Waals surface area contributed by atoms with Gasteiger partial charge in [0.15, 0.2) is 8.32 Å². The van der Waals surface area contributed by atoms with E-state index in [1.54, 1.807) is 12.1 Å². The number of rotatable bonds is 10. The number of ether oxygens (including phenoxy) is 1. The molecule has 200 valence electrons. The summed E-state index contributed by atoms with van der Waals surface area (Å²) in [6.45, 7) is 11.7. The molecule has 5 nitrogen and oxygen atoms in total. The molecule has 0 spiro atoms. The van der Waals surface area contributed by atoms with Crippen LogP contribution in [0.3, 0.4) is 0 Å². The van der Waals surface area contributed by atoms with Gasteiger partial charge in [0.25, 0.3) is 0 Å². The van der Waals surface area contributed by atoms with Crippen LogP contribution in [0.1, 0.15) is 94.5 Å². The molecule has 2 atom stereocenters. The number of benzene rings is 1. The van der Waals surface area contributed by atoms with Crippen LogP contribution in [0.25, 0.3) is 0 Å². The zero-order chi connectivity index (χ0) is 26.4. The van der Waals surface area contributed by atoms with Crippen LogP contribution in [0.2, 0.25) is 18.1 Å². The van der Waals surface area contributed by atoms with E-state index < -0.39 is 8.32 Å². The van der Waals surface area contributed by atoms with E-state index in [1.807, 2.05) is 12.1 Å². The summed E-state index contributed by atoms with van der Waals surface area (Å²) in [6, 6.07) is 7.52. The average molecular weight is 514 g/mol. The Morgan fingerprint density at radius 1 is 1.17 bits per heavy atom. The fourth-order valence-electron chi connectivity index (χ4n) is 5.30. The van der Waals surface area contributed by atoms with E-state index in [0.717, 1.165) is 31.2 Å². The van der Waals surface area contributed by atoms with E-state index >= 15 is 0 Å². The van der Waals surface area contributed by atoms with Crippen LogP contribution in [0.4, 0.5) is 0 Å². The lowest BCUT2D eigenvalue weighted by Crippen LogP contribution is -2.47. The number of nitrogens with one attached hydrogen (secondary N) is 1. The fourth-order valence-corrected chi connectivity index (χ4v) is 6.72. The molecule has 6 heteroatoms. The monoisotopic (exact) mass is 513 g/mol. The predicted molar refractivity (Wildman–Crippen MR) is 149 cm³/mol. The molecule has 1 saturated carbocycles. The molecule has 1 aliphatic carbocycles. The Bertz CT molecular complexity index is 912. The summed E-state index contributed by atoms with van der Waals surface area (Å²) in [5.74, 6) is 0.443. The highest BCUT2D eigenvalue weighted by atomic mass is 28.4. The van der Waals surface area contributed by atoms with E-state index in [2.05, 4.69) is 51.3 Å². The van der Waals surface area contributed by atoms with Gasteiger partial charge in [-0.2, -0.15) is 0 Å². The minimum atomic E-state index is -1.89. The quantitative estimate of drug-likeness (QED) is 0.208. The summed E-state index contributed by atoms with van der Waals surface area (Å²) in [5, 5.41) is 3.49. The highest BCUT2D eigenvalue weighted by Crippen LogP contribution is 2.41. The Morgan fingerprint density at radius 2 is 1.83 bits per heavy atom. The Morgan fingerprint density at radius 3 is 2.39 bits per heavy atom. The summed E-state index contributed by atoms with van der Waals surface area (Å²) in [5.41, 5.74) is 1.38. The van der Waals surface area contributed by atoms with Crippen LogP contribution in [0.5, 0.6) is 0 Å².